The highest BCUT2D eigenvalue weighted by molar-refractivity contribution is 7.10. The first-order valence-electron chi connectivity index (χ1n) is 4.95. The molecule has 1 saturated heterocycles. The summed E-state index contributed by atoms with van der Waals surface area (Å²) in [7, 11) is 1.43. The molecule has 1 fully saturated rings. The first-order valence-corrected chi connectivity index (χ1v) is 5.83. The van der Waals surface area contributed by atoms with Crippen molar-refractivity contribution in [2.24, 2.45) is 0 Å². The average molecular weight is 226 g/mol. The zero-order valence-electron chi connectivity index (χ0n) is 8.69. The molecule has 0 aliphatic carbocycles. The van der Waals surface area contributed by atoms with Gasteiger partial charge in [0, 0.05) is 11.3 Å². The lowest BCUT2D eigenvalue weighted by Crippen LogP contribution is -2.46. The number of carbonyl (C=O) groups is 1. The number of esters is 1. The van der Waals surface area contributed by atoms with Crippen molar-refractivity contribution < 1.29 is 14.3 Å². The van der Waals surface area contributed by atoms with Gasteiger partial charge in [0.05, 0.1) is 25.7 Å². The number of hydrogen-bond donors (Lipinski definition) is 0. The van der Waals surface area contributed by atoms with Gasteiger partial charge >= 0.3 is 5.97 Å². The minimum Gasteiger partial charge on any atom is -0.469 e. The summed E-state index contributed by atoms with van der Waals surface area (Å²) in [5.74, 6) is -0.141. The molecule has 2 heterocycles. The molecule has 1 aliphatic rings. The maximum absolute atomic E-state index is 11.1. The molecule has 1 aromatic rings. The van der Waals surface area contributed by atoms with Crippen LogP contribution in [0.15, 0.2) is 17.5 Å². The smallest absolute Gasteiger partial charge is 0.305 e. The molecule has 0 unspecified atom stereocenters. The van der Waals surface area contributed by atoms with Gasteiger partial charge in [-0.15, -0.1) is 11.3 Å². The summed E-state index contributed by atoms with van der Waals surface area (Å²) in [6.45, 7) is 1.45. The van der Waals surface area contributed by atoms with Gasteiger partial charge in [-0.3, -0.25) is 4.79 Å². The van der Waals surface area contributed by atoms with Crippen LogP contribution in [0.3, 0.4) is 0 Å². The van der Waals surface area contributed by atoms with Crippen LogP contribution < -0.4 is 0 Å². The number of carbonyl (C=O) groups excluding carboxylic acids is 1. The SMILES string of the molecule is COC(=O)CCC1(c2cccs2)COC1. The summed E-state index contributed by atoms with van der Waals surface area (Å²) < 4.78 is 9.94. The molecule has 0 aromatic carbocycles. The molecule has 0 N–H and O–H groups in total. The molecular formula is C11H14O3S. The molecule has 0 spiro atoms. The van der Waals surface area contributed by atoms with Crippen molar-refractivity contribution in [2.75, 3.05) is 20.3 Å². The molecule has 4 heteroatoms. The maximum Gasteiger partial charge on any atom is 0.305 e. The zero-order valence-corrected chi connectivity index (χ0v) is 9.51. The number of methoxy groups -OCH3 is 1. The van der Waals surface area contributed by atoms with Crippen LogP contribution in [-0.4, -0.2) is 26.3 Å². The van der Waals surface area contributed by atoms with Gasteiger partial charge in [-0.05, 0) is 17.9 Å². The molecule has 1 aromatic heterocycles. The Balaban J connectivity index is 2.00. The van der Waals surface area contributed by atoms with E-state index in [9.17, 15) is 4.79 Å². The van der Waals surface area contributed by atoms with Gasteiger partial charge in [-0.2, -0.15) is 0 Å². The fourth-order valence-corrected chi connectivity index (χ4v) is 2.71. The summed E-state index contributed by atoms with van der Waals surface area (Å²) in [5, 5.41) is 2.06. The van der Waals surface area contributed by atoms with Crippen LogP contribution in [-0.2, 0) is 19.7 Å². The maximum atomic E-state index is 11.1. The number of rotatable bonds is 4. The minimum absolute atomic E-state index is 0.0718. The Morgan fingerprint density at radius 3 is 2.93 bits per heavy atom. The normalized spacial score (nSPS) is 18.2. The molecule has 0 saturated carbocycles. The van der Waals surface area contributed by atoms with Gasteiger partial charge in [0.15, 0.2) is 0 Å². The molecule has 0 atom stereocenters. The van der Waals surface area contributed by atoms with Crippen molar-refractivity contribution in [3.8, 4) is 0 Å². The van der Waals surface area contributed by atoms with Crippen molar-refractivity contribution in [3.05, 3.63) is 22.4 Å². The Bertz CT molecular complexity index is 328. The number of hydrogen-bond acceptors (Lipinski definition) is 4. The Hall–Kier alpha value is -0.870. The second kappa shape index (κ2) is 4.33. The summed E-state index contributed by atoms with van der Waals surface area (Å²) in [5.41, 5.74) is 0.0718. The Morgan fingerprint density at radius 2 is 2.47 bits per heavy atom. The van der Waals surface area contributed by atoms with Crippen LogP contribution in [0.4, 0.5) is 0 Å². The van der Waals surface area contributed by atoms with Crippen LogP contribution in [0.1, 0.15) is 17.7 Å². The fraction of sp³-hybridized carbons (Fsp3) is 0.545. The summed E-state index contributed by atoms with van der Waals surface area (Å²) >= 11 is 1.73. The molecular weight excluding hydrogens is 212 g/mol. The average Bonchev–Trinajstić information content (AvgIpc) is 2.69. The topological polar surface area (TPSA) is 35.5 Å². The van der Waals surface area contributed by atoms with Gasteiger partial charge in [-0.1, -0.05) is 6.07 Å². The van der Waals surface area contributed by atoms with Crippen molar-refractivity contribution in [2.45, 2.75) is 18.3 Å². The number of thiophene rings is 1. The zero-order chi connectivity index (χ0) is 10.7. The van der Waals surface area contributed by atoms with E-state index in [4.69, 9.17) is 4.74 Å². The number of ether oxygens (including phenoxy) is 2. The summed E-state index contributed by atoms with van der Waals surface area (Å²) in [6, 6.07) is 4.16. The van der Waals surface area contributed by atoms with E-state index in [1.54, 1.807) is 11.3 Å². The lowest BCUT2D eigenvalue weighted by atomic mass is 9.80. The minimum atomic E-state index is -0.141. The predicted molar refractivity (Wildman–Crippen MR) is 58.1 cm³/mol. The van der Waals surface area contributed by atoms with E-state index < -0.39 is 0 Å². The third kappa shape index (κ3) is 2.06. The monoisotopic (exact) mass is 226 g/mol. The van der Waals surface area contributed by atoms with Crippen LogP contribution in [0.2, 0.25) is 0 Å². The molecule has 0 bridgehead atoms. The third-order valence-electron chi connectivity index (χ3n) is 2.84. The first kappa shape index (κ1) is 10.6. The van der Waals surface area contributed by atoms with E-state index in [1.165, 1.54) is 12.0 Å². The highest BCUT2D eigenvalue weighted by atomic mass is 32.1. The van der Waals surface area contributed by atoms with Crippen LogP contribution in [0.25, 0.3) is 0 Å². The lowest BCUT2D eigenvalue weighted by molar-refractivity contribution is -0.142. The Kier molecular flexibility index (Phi) is 3.07. The Labute approximate surface area is 93.0 Å². The van der Waals surface area contributed by atoms with Gasteiger partial charge in [0.2, 0.25) is 0 Å². The van der Waals surface area contributed by atoms with Gasteiger partial charge in [0.25, 0.3) is 0 Å². The molecule has 1 aliphatic heterocycles. The van der Waals surface area contributed by atoms with E-state index in [0.29, 0.717) is 6.42 Å². The second-order valence-corrected chi connectivity index (χ2v) is 4.77. The molecule has 3 nitrogen and oxygen atoms in total. The van der Waals surface area contributed by atoms with Gasteiger partial charge in [-0.25, -0.2) is 0 Å². The van der Waals surface area contributed by atoms with Gasteiger partial charge < -0.3 is 9.47 Å². The van der Waals surface area contributed by atoms with E-state index in [1.807, 2.05) is 6.07 Å². The molecule has 15 heavy (non-hydrogen) atoms. The summed E-state index contributed by atoms with van der Waals surface area (Å²) in [6.07, 6.45) is 1.29. The van der Waals surface area contributed by atoms with Crippen LogP contribution in [0, 0.1) is 0 Å². The molecule has 82 valence electrons. The van der Waals surface area contributed by atoms with Crippen molar-refractivity contribution in [1.82, 2.24) is 0 Å². The van der Waals surface area contributed by atoms with Crippen LogP contribution >= 0.6 is 11.3 Å². The summed E-state index contributed by atoms with van der Waals surface area (Å²) in [4.78, 5) is 12.4. The highest BCUT2D eigenvalue weighted by Gasteiger charge is 2.41. The van der Waals surface area contributed by atoms with E-state index in [-0.39, 0.29) is 11.4 Å². The fourth-order valence-electron chi connectivity index (χ4n) is 1.78. The highest BCUT2D eigenvalue weighted by Crippen LogP contribution is 2.39. The van der Waals surface area contributed by atoms with Gasteiger partial charge in [0.1, 0.15) is 0 Å². The molecule has 0 radical (unpaired) electrons. The predicted octanol–water partition coefficient (Wildman–Crippen LogP) is 1.97. The quantitative estimate of drug-likeness (QED) is 0.736. The molecule has 0 amide bonds. The van der Waals surface area contributed by atoms with Crippen molar-refractivity contribution in [1.29, 1.82) is 0 Å². The largest absolute Gasteiger partial charge is 0.469 e. The third-order valence-corrected chi connectivity index (χ3v) is 3.95. The van der Waals surface area contributed by atoms with Crippen LogP contribution in [0.5, 0.6) is 0 Å². The first-order chi connectivity index (χ1) is 7.27. The van der Waals surface area contributed by atoms with E-state index in [0.717, 1.165) is 19.6 Å². The standard InChI is InChI=1S/C11H14O3S/c1-13-10(12)4-5-11(7-14-8-11)9-3-2-6-15-9/h2-3,6H,4-5,7-8H2,1H3. The van der Waals surface area contributed by atoms with E-state index in [2.05, 4.69) is 16.2 Å². The van der Waals surface area contributed by atoms with Crippen molar-refractivity contribution >= 4 is 17.3 Å². The lowest BCUT2D eigenvalue weighted by Gasteiger charge is -2.40. The Morgan fingerprint density at radius 1 is 1.67 bits per heavy atom. The van der Waals surface area contributed by atoms with E-state index >= 15 is 0 Å². The second-order valence-electron chi connectivity index (χ2n) is 3.83. The molecule has 2 rings (SSSR count). The van der Waals surface area contributed by atoms with Crippen molar-refractivity contribution in [3.63, 3.8) is 0 Å².